The number of aliphatic hydroxyl groups excluding tert-OH is 1. The lowest BCUT2D eigenvalue weighted by atomic mass is 9.87. The summed E-state index contributed by atoms with van der Waals surface area (Å²) in [6.45, 7) is 9.78. The normalized spacial score (nSPS) is 13.3. The highest BCUT2D eigenvalue weighted by Gasteiger charge is 2.23. The van der Waals surface area contributed by atoms with Crippen molar-refractivity contribution >= 4 is 22.2 Å². The van der Waals surface area contributed by atoms with E-state index in [9.17, 15) is 14.7 Å². The van der Waals surface area contributed by atoms with Crippen LogP contribution in [0.2, 0.25) is 0 Å². The van der Waals surface area contributed by atoms with Crippen LogP contribution in [-0.2, 0) is 0 Å². The summed E-state index contributed by atoms with van der Waals surface area (Å²) in [5.41, 5.74) is 0.248. The van der Waals surface area contributed by atoms with Gasteiger partial charge in [0, 0.05) is 23.3 Å². The largest absolute Gasteiger partial charge is 0.393 e. The molecule has 2 rings (SSSR count). The van der Waals surface area contributed by atoms with E-state index >= 15 is 0 Å². The molecule has 2 aromatic heterocycles. The average Bonchev–Trinajstić information content (AvgIpc) is 2.71. The smallest absolute Gasteiger partial charge is 0.271 e. The van der Waals surface area contributed by atoms with Gasteiger partial charge in [-0.1, -0.05) is 13.8 Å². The van der Waals surface area contributed by atoms with Crippen molar-refractivity contribution in [1.29, 1.82) is 0 Å². The second-order valence-electron chi connectivity index (χ2n) is 6.74. The number of aryl methyl sites for hydroxylation is 2. The zero-order chi connectivity index (χ0) is 17.4. The minimum atomic E-state index is -0.443. The van der Waals surface area contributed by atoms with E-state index in [4.69, 9.17) is 0 Å². The molecule has 126 valence electrons. The van der Waals surface area contributed by atoms with Gasteiger partial charge in [0.05, 0.1) is 6.10 Å². The number of thiazole rings is 1. The van der Waals surface area contributed by atoms with Crippen LogP contribution < -0.4 is 10.9 Å². The van der Waals surface area contributed by atoms with Crippen LogP contribution in [0.1, 0.15) is 48.1 Å². The van der Waals surface area contributed by atoms with E-state index in [-0.39, 0.29) is 16.5 Å². The molecular formula is C16H23N3O3S. The van der Waals surface area contributed by atoms with Gasteiger partial charge < -0.3 is 10.4 Å². The Labute approximate surface area is 139 Å². The summed E-state index contributed by atoms with van der Waals surface area (Å²) in [6, 6.07) is 0. The molecule has 23 heavy (non-hydrogen) atoms. The Morgan fingerprint density at radius 3 is 2.74 bits per heavy atom. The molecule has 1 atom stereocenters. The molecule has 2 heterocycles. The molecule has 6 nitrogen and oxygen atoms in total. The molecule has 0 spiro atoms. The summed E-state index contributed by atoms with van der Waals surface area (Å²) in [5.74, 6) is -0.432. The average molecular weight is 337 g/mol. The van der Waals surface area contributed by atoms with Crippen LogP contribution in [-0.4, -0.2) is 33.0 Å². The van der Waals surface area contributed by atoms with Gasteiger partial charge in [-0.3, -0.25) is 14.0 Å². The van der Waals surface area contributed by atoms with E-state index in [1.165, 1.54) is 21.9 Å². The number of hydrogen-bond donors (Lipinski definition) is 2. The number of fused-ring (bicyclic) bond motifs is 1. The van der Waals surface area contributed by atoms with Crippen LogP contribution in [0.25, 0.3) is 4.96 Å². The lowest BCUT2D eigenvalue weighted by Crippen LogP contribution is -2.38. The van der Waals surface area contributed by atoms with Crippen LogP contribution >= 0.6 is 11.3 Å². The second-order valence-corrected chi connectivity index (χ2v) is 7.92. The SMILES string of the molecule is Cc1sc2ncc(C(=O)NCC(C)(C)CC(C)O)c(=O)n2c1C. The zero-order valence-corrected chi connectivity index (χ0v) is 15.0. The molecule has 0 aromatic carbocycles. The molecular weight excluding hydrogens is 314 g/mol. The summed E-state index contributed by atoms with van der Waals surface area (Å²) in [5, 5.41) is 12.3. The number of hydrogen-bond acceptors (Lipinski definition) is 5. The lowest BCUT2D eigenvalue weighted by molar-refractivity contribution is 0.0900. The number of aromatic nitrogens is 2. The Morgan fingerprint density at radius 1 is 1.48 bits per heavy atom. The first-order chi connectivity index (χ1) is 10.6. The molecule has 1 amide bonds. The van der Waals surface area contributed by atoms with Crippen molar-refractivity contribution in [1.82, 2.24) is 14.7 Å². The number of nitrogens with one attached hydrogen (secondary N) is 1. The Morgan fingerprint density at radius 2 is 2.13 bits per heavy atom. The standard InChI is InChI=1S/C16H23N3O3S/c1-9(20)6-16(4,5)8-18-13(21)12-7-17-15-19(14(12)22)10(2)11(3)23-15/h7,9,20H,6,8H2,1-5H3,(H,18,21). The van der Waals surface area contributed by atoms with Crippen LogP contribution in [0.5, 0.6) is 0 Å². The van der Waals surface area contributed by atoms with Crippen LogP contribution in [0.4, 0.5) is 0 Å². The molecule has 0 saturated carbocycles. The first-order valence-corrected chi connectivity index (χ1v) is 8.38. The fraction of sp³-hybridized carbons (Fsp3) is 0.562. The summed E-state index contributed by atoms with van der Waals surface area (Å²) in [4.78, 5) is 30.7. The second kappa shape index (κ2) is 6.41. The maximum absolute atomic E-state index is 12.5. The summed E-state index contributed by atoms with van der Waals surface area (Å²) in [7, 11) is 0. The van der Waals surface area contributed by atoms with Gasteiger partial charge in [-0.25, -0.2) is 4.98 Å². The van der Waals surface area contributed by atoms with Gasteiger partial charge in [-0.05, 0) is 32.6 Å². The molecule has 0 fully saturated rings. The first kappa shape index (κ1) is 17.6. The van der Waals surface area contributed by atoms with Crippen molar-refractivity contribution in [2.45, 2.75) is 47.1 Å². The van der Waals surface area contributed by atoms with E-state index in [0.717, 1.165) is 10.6 Å². The van der Waals surface area contributed by atoms with Crippen LogP contribution in [0.3, 0.4) is 0 Å². The number of nitrogens with zero attached hydrogens (tertiary/aromatic N) is 2. The third-order valence-electron chi connectivity index (χ3n) is 3.84. The molecule has 0 radical (unpaired) electrons. The van der Waals surface area contributed by atoms with Gasteiger partial charge in [0.15, 0.2) is 4.96 Å². The van der Waals surface area contributed by atoms with Crippen molar-refractivity contribution < 1.29 is 9.90 Å². The van der Waals surface area contributed by atoms with Gasteiger partial charge in [0.25, 0.3) is 11.5 Å². The summed E-state index contributed by atoms with van der Waals surface area (Å²) >= 11 is 1.43. The molecule has 0 aliphatic heterocycles. The molecule has 2 aromatic rings. The monoisotopic (exact) mass is 337 g/mol. The van der Waals surface area contributed by atoms with E-state index in [1.54, 1.807) is 6.92 Å². The van der Waals surface area contributed by atoms with E-state index in [2.05, 4.69) is 10.3 Å². The zero-order valence-electron chi connectivity index (χ0n) is 14.1. The number of carbonyl (C=O) groups is 1. The molecule has 0 saturated heterocycles. The van der Waals surface area contributed by atoms with Crippen molar-refractivity contribution in [2.24, 2.45) is 5.41 Å². The highest BCUT2D eigenvalue weighted by molar-refractivity contribution is 7.17. The number of amides is 1. The first-order valence-electron chi connectivity index (χ1n) is 7.56. The van der Waals surface area contributed by atoms with E-state index in [1.807, 2.05) is 27.7 Å². The van der Waals surface area contributed by atoms with Gasteiger partial charge in [-0.15, -0.1) is 11.3 Å². The molecule has 0 aliphatic rings. The molecule has 1 unspecified atom stereocenters. The summed E-state index contributed by atoms with van der Waals surface area (Å²) < 4.78 is 1.48. The van der Waals surface area contributed by atoms with Crippen molar-refractivity contribution in [2.75, 3.05) is 6.54 Å². The topological polar surface area (TPSA) is 83.7 Å². The number of carbonyl (C=O) groups excluding carboxylic acids is 1. The lowest BCUT2D eigenvalue weighted by Gasteiger charge is -2.26. The third-order valence-corrected chi connectivity index (χ3v) is 4.91. The Bertz CT molecular complexity index is 790. The highest BCUT2D eigenvalue weighted by Crippen LogP contribution is 2.21. The van der Waals surface area contributed by atoms with Crippen LogP contribution in [0.15, 0.2) is 11.0 Å². The van der Waals surface area contributed by atoms with Gasteiger partial charge in [0.1, 0.15) is 5.56 Å². The fourth-order valence-electron chi connectivity index (χ4n) is 2.62. The minimum absolute atomic E-state index is 0.0382. The molecule has 2 N–H and O–H groups in total. The highest BCUT2D eigenvalue weighted by atomic mass is 32.1. The van der Waals surface area contributed by atoms with Crippen molar-refractivity contribution in [3.05, 3.63) is 32.7 Å². The number of rotatable bonds is 5. The molecule has 0 aliphatic carbocycles. The third kappa shape index (κ3) is 3.79. The Kier molecular flexibility index (Phi) is 4.91. The van der Waals surface area contributed by atoms with E-state index < -0.39 is 12.0 Å². The van der Waals surface area contributed by atoms with Gasteiger partial charge >= 0.3 is 0 Å². The predicted octanol–water partition coefficient (Wildman–Crippen LogP) is 1.90. The maximum atomic E-state index is 12.5. The predicted molar refractivity (Wildman–Crippen MR) is 91.2 cm³/mol. The maximum Gasteiger partial charge on any atom is 0.271 e. The number of aliphatic hydroxyl groups is 1. The molecule has 0 bridgehead atoms. The quantitative estimate of drug-likeness (QED) is 0.873. The minimum Gasteiger partial charge on any atom is -0.393 e. The van der Waals surface area contributed by atoms with Crippen LogP contribution in [0, 0.1) is 19.3 Å². The summed E-state index contributed by atoms with van der Waals surface area (Å²) in [6.07, 6.45) is 1.46. The van der Waals surface area contributed by atoms with Crippen molar-refractivity contribution in [3.63, 3.8) is 0 Å². The van der Waals surface area contributed by atoms with E-state index in [0.29, 0.717) is 17.9 Å². The molecule has 7 heteroatoms. The Hall–Kier alpha value is -1.73. The van der Waals surface area contributed by atoms with Crippen molar-refractivity contribution in [3.8, 4) is 0 Å². The van der Waals surface area contributed by atoms with Gasteiger partial charge in [-0.2, -0.15) is 0 Å². The Balaban J connectivity index is 2.24. The fourth-order valence-corrected chi connectivity index (χ4v) is 3.55. The van der Waals surface area contributed by atoms with Gasteiger partial charge in [0.2, 0.25) is 0 Å².